The molecule has 2 aromatic carbocycles. The van der Waals surface area contributed by atoms with Crippen LogP contribution in [0.4, 0.5) is 4.39 Å². The fraction of sp³-hybridized carbons (Fsp3) is 0.444. The Bertz CT molecular complexity index is 1330. The fourth-order valence-corrected chi connectivity index (χ4v) is 4.89. The standard InChI is InChI=1S/C27H30FN3O5/c1-16-11-30(12-17(2)36-16)13-18-5-3-6-19(25(18)28)15-35-23-8-4-7-20-21(23)14-31(27(20)34)22-9-10-24(32)29-26(22)33/h3-8,16-17,22H,9-15H2,1-2H3,(H,29,32,33)/i13D2,22D. The lowest BCUT2D eigenvalue weighted by Gasteiger charge is -2.35. The lowest BCUT2D eigenvalue weighted by Crippen LogP contribution is -2.52. The van der Waals surface area contributed by atoms with Crippen LogP contribution in [-0.4, -0.2) is 58.8 Å². The maximum atomic E-state index is 15.6. The van der Waals surface area contributed by atoms with Crippen molar-refractivity contribution in [2.45, 2.75) is 64.6 Å². The van der Waals surface area contributed by atoms with Gasteiger partial charge in [0, 0.05) is 51.0 Å². The number of benzene rings is 2. The van der Waals surface area contributed by atoms with Crippen LogP contribution in [-0.2, 0) is 34.0 Å². The minimum absolute atomic E-state index is 0.0515. The molecule has 9 heteroatoms. The van der Waals surface area contributed by atoms with E-state index < -0.39 is 36.1 Å². The van der Waals surface area contributed by atoms with E-state index in [1.807, 2.05) is 13.8 Å². The minimum atomic E-state index is -2.07. The molecule has 3 unspecified atom stereocenters. The van der Waals surface area contributed by atoms with E-state index in [4.69, 9.17) is 13.6 Å². The van der Waals surface area contributed by atoms with Crippen LogP contribution >= 0.6 is 0 Å². The highest BCUT2D eigenvalue weighted by Crippen LogP contribution is 2.34. The summed E-state index contributed by atoms with van der Waals surface area (Å²) in [6.45, 7) is 1.98. The van der Waals surface area contributed by atoms with Gasteiger partial charge in [0.1, 0.15) is 24.2 Å². The van der Waals surface area contributed by atoms with Crippen LogP contribution < -0.4 is 10.1 Å². The first-order chi connectivity index (χ1) is 18.4. The van der Waals surface area contributed by atoms with Crippen LogP contribution in [0.5, 0.6) is 5.75 Å². The average Bonchev–Trinajstić information content (AvgIpc) is 3.23. The molecule has 2 aromatic rings. The molecule has 0 spiro atoms. The molecule has 3 aliphatic rings. The highest BCUT2D eigenvalue weighted by molar-refractivity contribution is 6.05. The van der Waals surface area contributed by atoms with Crippen molar-refractivity contribution in [1.29, 1.82) is 0 Å². The van der Waals surface area contributed by atoms with E-state index in [1.54, 1.807) is 29.2 Å². The zero-order chi connectivity index (χ0) is 28.1. The zero-order valence-corrected chi connectivity index (χ0v) is 20.2. The van der Waals surface area contributed by atoms with E-state index in [0.717, 1.165) is 4.90 Å². The number of nitrogens with one attached hydrogen (secondary N) is 1. The van der Waals surface area contributed by atoms with Gasteiger partial charge in [-0.05, 0) is 32.4 Å². The summed E-state index contributed by atoms with van der Waals surface area (Å²) >= 11 is 0. The van der Waals surface area contributed by atoms with Crippen LogP contribution in [0.3, 0.4) is 0 Å². The maximum Gasteiger partial charge on any atom is 0.255 e. The Morgan fingerprint density at radius 3 is 2.61 bits per heavy atom. The Hall–Kier alpha value is -3.30. The highest BCUT2D eigenvalue weighted by Gasteiger charge is 2.40. The number of fused-ring (bicyclic) bond motifs is 1. The van der Waals surface area contributed by atoms with Crippen LogP contribution in [0.1, 0.15) is 57.8 Å². The van der Waals surface area contributed by atoms with Crippen molar-refractivity contribution >= 4 is 17.7 Å². The van der Waals surface area contributed by atoms with E-state index in [1.165, 1.54) is 12.1 Å². The first-order valence-corrected chi connectivity index (χ1v) is 12.0. The topological polar surface area (TPSA) is 88.2 Å². The Morgan fingerprint density at radius 1 is 1.14 bits per heavy atom. The van der Waals surface area contributed by atoms with Gasteiger partial charge >= 0.3 is 0 Å². The number of carbonyl (C=O) groups is 3. The summed E-state index contributed by atoms with van der Waals surface area (Å²) in [7, 11) is 0. The molecule has 36 heavy (non-hydrogen) atoms. The second-order valence-corrected chi connectivity index (χ2v) is 9.34. The molecule has 1 N–H and O–H groups in total. The summed E-state index contributed by atoms with van der Waals surface area (Å²) in [5.41, 5.74) is 0.775. The predicted molar refractivity (Wildman–Crippen MR) is 129 cm³/mol. The van der Waals surface area contributed by atoms with Crippen LogP contribution in [0, 0.1) is 5.82 Å². The molecular weight excluding hydrogens is 465 g/mol. The van der Waals surface area contributed by atoms with Gasteiger partial charge in [0.2, 0.25) is 11.8 Å². The van der Waals surface area contributed by atoms with Gasteiger partial charge in [-0.25, -0.2) is 4.39 Å². The van der Waals surface area contributed by atoms with E-state index in [0.29, 0.717) is 24.4 Å². The number of piperidine rings is 1. The Balaban J connectivity index is 1.36. The third kappa shape index (κ3) is 4.85. The molecule has 0 aromatic heterocycles. The lowest BCUT2D eigenvalue weighted by atomic mass is 10.0. The quantitative estimate of drug-likeness (QED) is 0.617. The van der Waals surface area contributed by atoms with Gasteiger partial charge in [-0.2, -0.15) is 0 Å². The molecule has 3 atom stereocenters. The molecule has 8 nitrogen and oxygen atoms in total. The molecule has 0 saturated carbocycles. The Morgan fingerprint density at radius 2 is 1.86 bits per heavy atom. The van der Waals surface area contributed by atoms with Crippen LogP contribution in [0.15, 0.2) is 36.4 Å². The molecule has 2 fully saturated rings. The minimum Gasteiger partial charge on any atom is -0.488 e. The van der Waals surface area contributed by atoms with Crippen LogP contribution in [0.2, 0.25) is 0 Å². The number of nitrogens with zero attached hydrogens (tertiary/aromatic N) is 2. The summed E-state index contributed by atoms with van der Waals surface area (Å²) in [6.07, 6.45) is -0.550. The number of hydrogen-bond donors (Lipinski definition) is 1. The summed E-state index contributed by atoms with van der Waals surface area (Å²) in [6, 6.07) is 7.38. The third-order valence-corrected chi connectivity index (χ3v) is 6.51. The van der Waals surface area contributed by atoms with Crippen molar-refractivity contribution in [3.63, 3.8) is 0 Å². The monoisotopic (exact) mass is 498 g/mol. The van der Waals surface area contributed by atoms with Gasteiger partial charge in [-0.15, -0.1) is 0 Å². The number of carbonyl (C=O) groups excluding carboxylic acids is 3. The summed E-state index contributed by atoms with van der Waals surface area (Å²) in [4.78, 5) is 39.9. The molecule has 5 rings (SSSR count). The molecule has 3 amide bonds. The molecule has 0 aliphatic carbocycles. The number of halogens is 1. The number of ether oxygens (including phenoxy) is 2. The molecule has 3 heterocycles. The summed E-state index contributed by atoms with van der Waals surface area (Å²) < 4.78 is 53.3. The molecule has 0 bridgehead atoms. The summed E-state index contributed by atoms with van der Waals surface area (Å²) in [5, 5.41) is 2.13. The number of morpholine rings is 1. The predicted octanol–water partition coefficient (Wildman–Crippen LogP) is 2.77. The van der Waals surface area contributed by atoms with E-state index >= 15 is 4.39 Å². The molecule has 190 valence electrons. The van der Waals surface area contributed by atoms with Gasteiger partial charge < -0.3 is 14.4 Å². The smallest absolute Gasteiger partial charge is 0.255 e. The third-order valence-electron chi connectivity index (χ3n) is 6.51. The molecule has 2 saturated heterocycles. The second kappa shape index (κ2) is 9.99. The van der Waals surface area contributed by atoms with Crippen molar-refractivity contribution < 1.29 is 32.4 Å². The van der Waals surface area contributed by atoms with E-state index in [9.17, 15) is 14.4 Å². The average molecular weight is 499 g/mol. The summed E-state index contributed by atoms with van der Waals surface area (Å²) in [5.74, 6) is -2.27. The SMILES string of the molecule is [2H]C1(N2Cc3c(OCc4cccc(C([2H])([2H])N5CC(C)OC(C)C5)c4F)cccc3C2=O)CCC(=O)NC1=O. The van der Waals surface area contributed by atoms with Gasteiger partial charge in [0.15, 0.2) is 0 Å². The maximum absolute atomic E-state index is 15.6. The van der Waals surface area contributed by atoms with Gasteiger partial charge in [0.25, 0.3) is 5.91 Å². The van der Waals surface area contributed by atoms with Crippen molar-refractivity contribution in [2.24, 2.45) is 0 Å². The van der Waals surface area contributed by atoms with Crippen molar-refractivity contribution in [3.05, 3.63) is 64.5 Å². The Kier molecular flexibility index (Phi) is 5.78. The fourth-order valence-electron chi connectivity index (χ4n) is 4.89. The van der Waals surface area contributed by atoms with Crippen molar-refractivity contribution in [2.75, 3.05) is 13.1 Å². The lowest BCUT2D eigenvalue weighted by molar-refractivity contribution is -0.136. The first kappa shape index (κ1) is 20.8. The number of rotatable bonds is 6. The zero-order valence-electron chi connectivity index (χ0n) is 23.2. The van der Waals surface area contributed by atoms with Crippen molar-refractivity contribution in [3.8, 4) is 5.75 Å². The first-order valence-electron chi connectivity index (χ1n) is 13.5. The number of amides is 3. The normalized spacial score (nSPS) is 28.2. The van der Waals surface area contributed by atoms with Gasteiger partial charge in [-0.3, -0.25) is 24.6 Å². The molecule has 0 radical (unpaired) electrons. The van der Waals surface area contributed by atoms with Crippen molar-refractivity contribution in [1.82, 2.24) is 15.1 Å². The molecular formula is C27H30FN3O5. The highest BCUT2D eigenvalue weighted by atomic mass is 19.1. The Labute approximate surface area is 213 Å². The number of hydrogen-bond acceptors (Lipinski definition) is 6. The second-order valence-electron chi connectivity index (χ2n) is 9.34. The van der Waals surface area contributed by atoms with Gasteiger partial charge in [0.05, 0.1) is 20.1 Å². The number of imide groups is 1. The van der Waals surface area contributed by atoms with Gasteiger partial charge in [-0.1, -0.05) is 24.3 Å². The molecule has 3 aliphatic heterocycles. The largest absolute Gasteiger partial charge is 0.488 e. The van der Waals surface area contributed by atoms with E-state index in [-0.39, 0.29) is 54.9 Å². The van der Waals surface area contributed by atoms with Crippen LogP contribution in [0.25, 0.3) is 0 Å². The van der Waals surface area contributed by atoms with E-state index in [2.05, 4.69) is 5.32 Å².